The first-order chi connectivity index (χ1) is 9.13. The Labute approximate surface area is 114 Å². The van der Waals surface area contributed by atoms with Crippen LogP contribution in [0.3, 0.4) is 0 Å². The predicted octanol–water partition coefficient (Wildman–Crippen LogP) is 2.72. The lowest BCUT2D eigenvalue weighted by atomic mass is 9.84. The summed E-state index contributed by atoms with van der Waals surface area (Å²) in [5.74, 6) is 0.501. The molecular weight excluding hydrogens is 240 g/mol. The van der Waals surface area contributed by atoms with Crippen LogP contribution < -0.4 is 16.2 Å². The van der Waals surface area contributed by atoms with E-state index in [0.29, 0.717) is 22.9 Å². The van der Waals surface area contributed by atoms with Crippen LogP contribution in [0.4, 0.5) is 5.69 Å². The van der Waals surface area contributed by atoms with E-state index in [9.17, 15) is 4.79 Å². The fraction of sp³-hybridized carbons (Fsp3) is 0.533. The van der Waals surface area contributed by atoms with Crippen molar-refractivity contribution < 1.29 is 9.53 Å². The summed E-state index contributed by atoms with van der Waals surface area (Å²) in [5.41, 5.74) is 12.2. The minimum Gasteiger partial charge on any atom is -0.487 e. The van der Waals surface area contributed by atoms with Gasteiger partial charge in [0.15, 0.2) is 5.75 Å². The van der Waals surface area contributed by atoms with Crippen LogP contribution in [0, 0.1) is 5.92 Å². The van der Waals surface area contributed by atoms with Crippen LogP contribution in [0.1, 0.15) is 49.4 Å². The van der Waals surface area contributed by atoms with Crippen LogP contribution in [-0.4, -0.2) is 12.0 Å². The van der Waals surface area contributed by atoms with Gasteiger partial charge in [0.25, 0.3) is 5.91 Å². The second-order valence-corrected chi connectivity index (χ2v) is 5.20. The number of carbonyl (C=O) groups is 1. The zero-order chi connectivity index (χ0) is 13.8. The van der Waals surface area contributed by atoms with Gasteiger partial charge < -0.3 is 16.2 Å². The van der Waals surface area contributed by atoms with Crippen molar-refractivity contribution in [1.29, 1.82) is 0 Å². The molecule has 1 amide bonds. The van der Waals surface area contributed by atoms with Gasteiger partial charge in [-0.25, -0.2) is 0 Å². The molecule has 1 aliphatic rings. The quantitative estimate of drug-likeness (QED) is 0.819. The number of anilines is 1. The number of carbonyl (C=O) groups excluding carboxylic acids is 1. The molecule has 1 fully saturated rings. The summed E-state index contributed by atoms with van der Waals surface area (Å²) in [4.78, 5) is 11.5. The van der Waals surface area contributed by atoms with Crippen molar-refractivity contribution in [2.75, 3.05) is 5.73 Å². The SMILES string of the molecule is CCC1CCCCC1Oc1c(N)cccc1C(N)=O. The number of hydrogen-bond donors (Lipinski definition) is 2. The van der Waals surface area contributed by atoms with Gasteiger partial charge in [-0.1, -0.05) is 19.4 Å². The van der Waals surface area contributed by atoms with Gasteiger partial charge in [-0.15, -0.1) is 0 Å². The molecule has 4 N–H and O–H groups in total. The highest BCUT2D eigenvalue weighted by molar-refractivity contribution is 5.97. The number of rotatable bonds is 4. The third kappa shape index (κ3) is 3.00. The van der Waals surface area contributed by atoms with Crippen molar-refractivity contribution >= 4 is 11.6 Å². The Morgan fingerprint density at radius 1 is 1.37 bits per heavy atom. The molecule has 0 bridgehead atoms. The molecule has 0 heterocycles. The Morgan fingerprint density at radius 3 is 2.79 bits per heavy atom. The standard InChI is InChI=1S/C15H22N2O2/c1-2-10-6-3-4-9-13(10)19-14-11(15(17)18)7-5-8-12(14)16/h5,7-8,10,13H,2-4,6,9,16H2,1H3,(H2,17,18). The van der Waals surface area contributed by atoms with Crippen LogP contribution in [0.25, 0.3) is 0 Å². The van der Waals surface area contributed by atoms with Crippen molar-refractivity contribution in [3.8, 4) is 5.75 Å². The molecule has 19 heavy (non-hydrogen) atoms. The monoisotopic (exact) mass is 262 g/mol. The van der Waals surface area contributed by atoms with Gasteiger partial charge in [-0.05, 0) is 43.7 Å². The first-order valence-electron chi connectivity index (χ1n) is 6.98. The number of nitrogen functional groups attached to an aromatic ring is 1. The topological polar surface area (TPSA) is 78.3 Å². The van der Waals surface area contributed by atoms with E-state index in [1.54, 1.807) is 18.2 Å². The van der Waals surface area contributed by atoms with E-state index in [0.717, 1.165) is 12.8 Å². The first kappa shape index (κ1) is 13.7. The zero-order valence-electron chi connectivity index (χ0n) is 11.4. The van der Waals surface area contributed by atoms with E-state index in [4.69, 9.17) is 16.2 Å². The van der Waals surface area contributed by atoms with Crippen molar-refractivity contribution in [3.05, 3.63) is 23.8 Å². The van der Waals surface area contributed by atoms with Gasteiger partial charge in [0.1, 0.15) is 6.10 Å². The third-order valence-electron chi connectivity index (χ3n) is 3.94. The van der Waals surface area contributed by atoms with Crippen molar-refractivity contribution in [2.45, 2.75) is 45.1 Å². The smallest absolute Gasteiger partial charge is 0.252 e. The molecule has 104 valence electrons. The fourth-order valence-corrected chi connectivity index (χ4v) is 2.83. The average molecular weight is 262 g/mol. The molecular formula is C15H22N2O2. The minimum atomic E-state index is -0.494. The second kappa shape index (κ2) is 5.95. The van der Waals surface area contributed by atoms with Gasteiger partial charge in [0.2, 0.25) is 0 Å². The van der Waals surface area contributed by atoms with Crippen LogP contribution in [0.5, 0.6) is 5.75 Å². The molecule has 1 aliphatic carbocycles. The second-order valence-electron chi connectivity index (χ2n) is 5.20. The van der Waals surface area contributed by atoms with Gasteiger partial charge in [-0.3, -0.25) is 4.79 Å². The number of benzene rings is 1. The number of hydrogen-bond acceptors (Lipinski definition) is 3. The molecule has 4 nitrogen and oxygen atoms in total. The number of nitrogens with two attached hydrogens (primary N) is 2. The largest absolute Gasteiger partial charge is 0.487 e. The maximum absolute atomic E-state index is 11.5. The fourth-order valence-electron chi connectivity index (χ4n) is 2.83. The summed E-state index contributed by atoms with van der Waals surface area (Å²) in [7, 11) is 0. The van der Waals surface area contributed by atoms with E-state index >= 15 is 0 Å². The Hall–Kier alpha value is -1.71. The number of ether oxygens (including phenoxy) is 1. The number of para-hydroxylation sites is 1. The minimum absolute atomic E-state index is 0.140. The molecule has 4 heteroatoms. The molecule has 0 radical (unpaired) electrons. The summed E-state index contributed by atoms with van der Waals surface area (Å²) in [6.45, 7) is 2.18. The molecule has 1 aromatic carbocycles. The maximum atomic E-state index is 11.5. The van der Waals surface area contributed by atoms with Crippen molar-refractivity contribution in [2.24, 2.45) is 11.7 Å². The van der Waals surface area contributed by atoms with E-state index in [2.05, 4.69) is 6.92 Å². The van der Waals surface area contributed by atoms with E-state index in [1.807, 2.05) is 0 Å². The molecule has 0 aromatic heterocycles. The van der Waals surface area contributed by atoms with Gasteiger partial charge >= 0.3 is 0 Å². The molecule has 2 unspecified atom stereocenters. The van der Waals surface area contributed by atoms with Gasteiger partial charge in [0.05, 0.1) is 11.3 Å². The third-order valence-corrected chi connectivity index (χ3v) is 3.94. The number of amides is 1. The lowest BCUT2D eigenvalue weighted by molar-refractivity contribution is 0.0868. The molecule has 0 saturated heterocycles. The average Bonchev–Trinajstić information content (AvgIpc) is 2.41. The van der Waals surface area contributed by atoms with Crippen molar-refractivity contribution in [3.63, 3.8) is 0 Å². The molecule has 1 aromatic rings. The summed E-state index contributed by atoms with van der Waals surface area (Å²) in [5, 5.41) is 0. The van der Waals surface area contributed by atoms with Gasteiger partial charge in [-0.2, -0.15) is 0 Å². The number of primary amides is 1. The normalized spacial score (nSPS) is 23.0. The molecule has 1 saturated carbocycles. The van der Waals surface area contributed by atoms with E-state index in [-0.39, 0.29) is 6.10 Å². The Bertz CT molecular complexity index is 459. The highest BCUT2D eigenvalue weighted by Crippen LogP contribution is 2.34. The lowest BCUT2D eigenvalue weighted by Gasteiger charge is -2.32. The van der Waals surface area contributed by atoms with E-state index in [1.165, 1.54) is 19.3 Å². The summed E-state index contributed by atoms with van der Waals surface area (Å²) < 4.78 is 6.06. The summed E-state index contributed by atoms with van der Waals surface area (Å²) in [6, 6.07) is 5.13. The lowest BCUT2D eigenvalue weighted by Crippen LogP contribution is -2.31. The van der Waals surface area contributed by atoms with Gasteiger partial charge in [0, 0.05) is 0 Å². The zero-order valence-corrected chi connectivity index (χ0v) is 11.4. The molecule has 0 aliphatic heterocycles. The van der Waals surface area contributed by atoms with Crippen LogP contribution >= 0.6 is 0 Å². The highest BCUT2D eigenvalue weighted by atomic mass is 16.5. The first-order valence-corrected chi connectivity index (χ1v) is 6.98. The van der Waals surface area contributed by atoms with Crippen molar-refractivity contribution in [1.82, 2.24) is 0 Å². The molecule has 0 spiro atoms. The Balaban J connectivity index is 2.24. The Morgan fingerprint density at radius 2 is 2.11 bits per heavy atom. The van der Waals surface area contributed by atoms with Crippen LogP contribution in [-0.2, 0) is 0 Å². The highest BCUT2D eigenvalue weighted by Gasteiger charge is 2.27. The van der Waals surface area contributed by atoms with Crippen LogP contribution in [0.2, 0.25) is 0 Å². The summed E-state index contributed by atoms with van der Waals surface area (Å²) in [6.07, 6.45) is 5.85. The summed E-state index contributed by atoms with van der Waals surface area (Å²) >= 11 is 0. The van der Waals surface area contributed by atoms with Crippen LogP contribution in [0.15, 0.2) is 18.2 Å². The predicted molar refractivity (Wildman–Crippen MR) is 76.0 cm³/mol. The molecule has 2 rings (SSSR count). The van der Waals surface area contributed by atoms with E-state index < -0.39 is 5.91 Å². The molecule has 2 atom stereocenters. The Kier molecular flexibility index (Phi) is 4.30. The maximum Gasteiger partial charge on any atom is 0.252 e.